The minimum Gasteiger partial charge on any atom is -0.395 e. The van der Waals surface area contributed by atoms with Gasteiger partial charge in [0.1, 0.15) is 0 Å². The van der Waals surface area contributed by atoms with Crippen LogP contribution < -0.4 is 0 Å². The zero-order valence-corrected chi connectivity index (χ0v) is 13.3. The van der Waals surface area contributed by atoms with Gasteiger partial charge in [-0.1, -0.05) is 23.7 Å². The number of nitrogens with one attached hydrogen (secondary N) is 1. The molecule has 118 valence electrons. The van der Waals surface area contributed by atoms with Crippen molar-refractivity contribution in [2.75, 3.05) is 13.2 Å². The van der Waals surface area contributed by atoms with E-state index in [9.17, 15) is 4.79 Å². The number of hydrogen-bond donors (Lipinski definition) is 2. The van der Waals surface area contributed by atoms with Crippen LogP contribution in [0.4, 0.5) is 0 Å². The molecule has 1 amide bonds. The molecule has 1 heterocycles. The maximum absolute atomic E-state index is 12.4. The molecular formula is C16H20ClN3O2. The molecule has 2 aromatic rings. The molecule has 0 atom stereocenters. The van der Waals surface area contributed by atoms with Gasteiger partial charge in [-0.2, -0.15) is 0 Å². The van der Waals surface area contributed by atoms with E-state index < -0.39 is 0 Å². The topological polar surface area (TPSA) is 69.2 Å². The van der Waals surface area contributed by atoms with E-state index in [0.29, 0.717) is 31.0 Å². The molecule has 0 aliphatic carbocycles. The van der Waals surface area contributed by atoms with Crippen LogP contribution in [0.25, 0.3) is 0 Å². The molecule has 0 aliphatic heterocycles. The van der Waals surface area contributed by atoms with Crippen molar-refractivity contribution in [1.29, 1.82) is 0 Å². The number of aliphatic hydroxyl groups is 1. The molecule has 2 rings (SSSR count). The first-order valence-electron chi connectivity index (χ1n) is 7.22. The van der Waals surface area contributed by atoms with Gasteiger partial charge in [0, 0.05) is 23.7 Å². The number of aromatic nitrogens is 2. The van der Waals surface area contributed by atoms with Gasteiger partial charge in [-0.05, 0) is 31.0 Å². The smallest absolute Gasteiger partial charge is 0.223 e. The highest BCUT2D eigenvalue weighted by Gasteiger charge is 2.15. The number of halogens is 1. The van der Waals surface area contributed by atoms with Crippen LogP contribution in [0.1, 0.15) is 23.4 Å². The Hall–Kier alpha value is -1.85. The first kappa shape index (κ1) is 16.5. The molecule has 5 nitrogen and oxygen atoms in total. The molecule has 0 unspecified atom stereocenters. The van der Waals surface area contributed by atoms with Crippen molar-refractivity contribution < 1.29 is 9.90 Å². The SMILES string of the molecule is Cc1[nH]cnc1CN(CCO)C(=O)CCc1ccc(Cl)cc1. The first-order chi connectivity index (χ1) is 10.6. The van der Waals surface area contributed by atoms with Gasteiger partial charge in [-0.25, -0.2) is 4.98 Å². The molecule has 0 saturated carbocycles. The maximum Gasteiger partial charge on any atom is 0.223 e. The van der Waals surface area contributed by atoms with Gasteiger partial charge in [0.15, 0.2) is 0 Å². The van der Waals surface area contributed by atoms with E-state index in [1.54, 1.807) is 11.2 Å². The van der Waals surface area contributed by atoms with E-state index in [0.717, 1.165) is 17.0 Å². The number of H-pyrrole nitrogens is 1. The summed E-state index contributed by atoms with van der Waals surface area (Å²) in [4.78, 5) is 21.2. The Bertz CT molecular complexity index is 610. The van der Waals surface area contributed by atoms with Crippen LogP contribution in [-0.4, -0.2) is 39.0 Å². The average Bonchev–Trinajstić information content (AvgIpc) is 2.91. The number of aliphatic hydroxyl groups excluding tert-OH is 1. The van der Waals surface area contributed by atoms with Crippen molar-refractivity contribution in [2.45, 2.75) is 26.3 Å². The van der Waals surface area contributed by atoms with E-state index >= 15 is 0 Å². The predicted molar refractivity (Wildman–Crippen MR) is 85.6 cm³/mol. The van der Waals surface area contributed by atoms with Crippen molar-refractivity contribution >= 4 is 17.5 Å². The number of carbonyl (C=O) groups excluding carboxylic acids is 1. The molecule has 1 aromatic carbocycles. The normalized spacial score (nSPS) is 10.7. The summed E-state index contributed by atoms with van der Waals surface area (Å²) in [5.74, 6) is 0.00593. The Labute approximate surface area is 134 Å². The second kappa shape index (κ2) is 7.96. The second-order valence-corrected chi connectivity index (χ2v) is 5.58. The predicted octanol–water partition coefficient (Wildman–Crippen LogP) is 2.33. The Morgan fingerprint density at radius 2 is 2.09 bits per heavy atom. The number of carbonyl (C=O) groups is 1. The Kier molecular flexibility index (Phi) is 5.98. The third kappa shape index (κ3) is 4.58. The van der Waals surface area contributed by atoms with E-state index in [2.05, 4.69) is 9.97 Å². The molecule has 2 N–H and O–H groups in total. The van der Waals surface area contributed by atoms with E-state index in [-0.39, 0.29) is 12.5 Å². The fourth-order valence-corrected chi connectivity index (χ4v) is 2.33. The third-order valence-corrected chi connectivity index (χ3v) is 3.79. The average molecular weight is 322 g/mol. The lowest BCUT2D eigenvalue weighted by atomic mass is 10.1. The molecular weight excluding hydrogens is 302 g/mol. The molecule has 0 saturated heterocycles. The van der Waals surface area contributed by atoms with Crippen LogP contribution in [0.2, 0.25) is 5.02 Å². The number of amides is 1. The van der Waals surface area contributed by atoms with E-state index in [1.807, 2.05) is 31.2 Å². The zero-order valence-electron chi connectivity index (χ0n) is 12.6. The molecule has 6 heteroatoms. The highest BCUT2D eigenvalue weighted by molar-refractivity contribution is 6.30. The summed E-state index contributed by atoms with van der Waals surface area (Å²) in [6.45, 7) is 2.58. The van der Waals surface area contributed by atoms with Gasteiger partial charge in [0.25, 0.3) is 0 Å². The molecule has 0 fully saturated rings. The number of hydrogen-bond acceptors (Lipinski definition) is 3. The van der Waals surface area contributed by atoms with Gasteiger partial charge in [0.05, 0.1) is 25.2 Å². The van der Waals surface area contributed by atoms with Crippen molar-refractivity contribution in [3.05, 3.63) is 52.6 Å². The van der Waals surface area contributed by atoms with E-state index in [1.165, 1.54) is 0 Å². The molecule has 0 spiro atoms. The summed E-state index contributed by atoms with van der Waals surface area (Å²) in [7, 11) is 0. The highest BCUT2D eigenvalue weighted by atomic mass is 35.5. The van der Waals surface area contributed by atoms with Gasteiger partial charge in [-0.15, -0.1) is 0 Å². The first-order valence-corrected chi connectivity index (χ1v) is 7.60. The van der Waals surface area contributed by atoms with Crippen LogP contribution in [0, 0.1) is 6.92 Å². The lowest BCUT2D eigenvalue weighted by Crippen LogP contribution is -2.33. The minimum atomic E-state index is -0.0594. The quantitative estimate of drug-likeness (QED) is 0.822. The molecule has 1 aromatic heterocycles. The summed E-state index contributed by atoms with van der Waals surface area (Å²) in [5, 5.41) is 9.85. The summed E-state index contributed by atoms with van der Waals surface area (Å²) >= 11 is 5.85. The summed E-state index contributed by atoms with van der Waals surface area (Å²) in [5.41, 5.74) is 2.83. The number of nitrogens with zero attached hydrogens (tertiary/aromatic N) is 2. The summed E-state index contributed by atoms with van der Waals surface area (Å²) in [6, 6.07) is 7.48. The van der Waals surface area contributed by atoms with Gasteiger partial charge in [-0.3, -0.25) is 4.79 Å². The summed E-state index contributed by atoms with van der Waals surface area (Å²) < 4.78 is 0. The van der Waals surface area contributed by atoms with Crippen LogP contribution in [-0.2, 0) is 17.8 Å². The van der Waals surface area contributed by atoms with Gasteiger partial charge in [0.2, 0.25) is 5.91 Å². The minimum absolute atomic E-state index is 0.00593. The van der Waals surface area contributed by atoms with Crippen molar-refractivity contribution in [3.63, 3.8) is 0 Å². The Balaban J connectivity index is 1.94. The second-order valence-electron chi connectivity index (χ2n) is 5.14. The number of benzene rings is 1. The van der Waals surface area contributed by atoms with E-state index in [4.69, 9.17) is 16.7 Å². The third-order valence-electron chi connectivity index (χ3n) is 3.54. The van der Waals surface area contributed by atoms with Crippen LogP contribution >= 0.6 is 11.6 Å². The Morgan fingerprint density at radius 3 is 2.68 bits per heavy atom. The Morgan fingerprint density at radius 1 is 1.36 bits per heavy atom. The van der Waals surface area contributed by atoms with Crippen LogP contribution in [0.3, 0.4) is 0 Å². The van der Waals surface area contributed by atoms with Crippen LogP contribution in [0.15, 0.2) is 30.6 Å². The number of rotatable bonds is 7. The van der Waals surface area contributed by atoms with Gasteiger partial charge < -0.3 is 15.0 Å². The molecule has 0 aliphatic rings. The highest BCUT2D eigenvalue weighted by Crippen LogP contribution is 2.13. The monoisotopic (exact) mass is 321 g/mol. The largest absolute Gasteiger partial charge is 0.395 e. The molecule has 0 radical (unpaired) electrons. The standard InChI is InChI=1S/C16H20ClN3O2/c1-12-15(19-11-18-12)10-20(8-9-21)16(22)7-4-13-2-5-14(17)6-3-13/h2-3,5-6,11,21H,4,7-10H2,1H3,(H,18,19). The maximum atomic E-state index is 12.4. The lowest BCUT2D eigenvalue weighted by molar-refractivity contribution is -0.132. The number of imidazole rings is 1. The number of aromatic amines is 1. The van der Waals surface area contributed by atoms with Gasteiger partial charge >= 0.3 is 0 Å². The fourth-order valence-electron chi connectivity index (χ4n) is 2.20. The zero-order chi connectivity index (χ0) is 15.9. The lowest BCUT2D eigenvalue weighted by Gasteiger charge is -2.21. The molecule has 22 heavy (non-hydrogen) atoms. The molecule has 0 bridgehead atoms. The summed E-state index contributed by atoms with van der Waals surface area (Å²) in [6.07, 6.45) is 2.66. The van der Waals surface area contributed by atoms with Crippen LogP contribution in [0.5, 0.6) is 0 Å². The number of aryl methyl sites for hydroxylation is 2. The fraction of sp³-hybridized carbons (Fsp3) is 0.375. The van der Waals surface area contributed by atoms with Crippen molar-refractivity contribution in [3.8, 4) is 0 Å². The van der Waals surface area contributed by atoms with Crippen molar-refractivity contribution in [1.82, 2.24) is 14.9 Å². The van der Waals surface area contributed by atoms with Crippen molar-refractivity contribution in [2.24, 2.45) is 0 Å².